The van der Waals surface area contributed by atoms with Crippen LogP contribution in [0.3, 0.4) is 0 Å². The number of hydrogen-bond acceptors (Lipinski definition) is 2. The molecule has 0 saturated carbocycles. The Morgan fingerprint density at radius 1 is 1.50 bits per heavy atom. The third-order valence-electron chi connectivity index (χ3n) is 0.590. The molecule has 0 aliphatic heterocycles. The van der Waals surface area contributed by atoms with E-state index in [9.17, 15) is 9.90 Å². The molecule has 46 valence electrons. The van der Waals surface area contributed by atoms with Gasteiger partial charge < -0.3 is 9.90 Å². The molecule has 2 nitrogen and oxygen atoms in total. The normalized spacial score (nSPS) is 8.38. The van der Waals surface area contributed by atoms with Gasteiger partial charge in [0.1, 0.15) is 0 Å². The highest BCUT2D eigenvalue weighted by molar-refractivity contribution is 9.28. The van der Waals surface area contributed by atoms with E-state index in [2.05, 4.69) is 31.9 Å². The van der Waals surface area contributed by atoms with E-state index in [-0.39, 0.29) is 5.57 Å². The minimum absolute atomic E-state index is 0.157. The monoisotopic (exact) mass is 241 g/mol. The molecule has 0 atom stereocenters. The van der Waals surface area contributed by atoms with Gasteiger partial charge in [0, 0.05) is 0 Å². The molecule has 0 spiro atoms. The second kappa shape index (κ2) is 3.25. The summed E-state index contributed by atoms with van der Waals surface area (Å²) in [6.07, 6.45) is 0. The second-order valence-electron chi connectivity index (χ2n) is 1.17. The topological polar surface area (TPSA) is 40.1 Å². The third-order valence-corrected chi connectivity index (χ3v) is 1.78. The van der Waals surface area contributed by atoms with Crippen molar-refractivity contribution in [2.45, 2.75) is 6.92 Å². The number of halogens is 2. The third kappa shape index (κ3) is 2.47. The standard InChI is InChI=1S/C4H4Br2O2/c1-2(3(5)6)4(7)8/h1H3,(H,7,8)/p-1. The fraction of sp³-hybridized carbons (Fsp3) is 0.250. The molecule has 0 amide bonds. The molecule has 0 heterocycles. The summed E-state index contributed by atoms with van der Waals surface area (Å²) in [6, 6.07) is 0. The molecule has 0 saturated heterocycles. The molecule has 0 aromatic rings. The lowest BCUT2D eigenvalue weighted by Crippen LogP contribution is -2.23. The van der Waals surface area contributed by atoms with Gasteiger partial charge in [-0.2, -0.15) is 0 Å². The van der Waals surface area contributed by atoms with Gasteiger partial charge in [-0.1, -0.05) is 0 Å². The van der Waals surface area contributed by atoms with E-state index in [4.69, 9.17) is 0 Å². The largest absolute Gasteiger partial charge is 0.545 e. The van der Waals surface area contributed by atoms with Gasteiger partial charge in [0.2, 0.25) is 0 Å². The van der Waals surface area contributed by atoms with E-state index in [1.165, 1.54) is 6.92 Å². The highest BCUT2D eigenvalue weighted by Crippen LogP contribution is 2.17. The zero-order valence-electron chi connectivity index (χ0n) is 4.07. The number of carboxylic acid groups (broad SMARTS) is 1. The summed E-state index contributed by atoms with van der Waals surface area (Å²) in [5.74, 6) is -1.17. The fourth-order valence-electron chi connectivity index (χ4n) is 0.0772. The summed E-state index contributed by atoms with van der Waals surface area (Å²) < 4.78 is 0.421. The van der Waals surface area contributed by atoms with Crippen molar-refractivity contribution in [1.82, 2.24) is 0 Å². The number of carbonyl (C=O) groups is 1. The Morgan fingerprint density at radius 3 is 1.88 bits per heavy atom. The molecule has 0 unspecified atom stereocenters. The Hall–Kier alpha value is 0.170. The van der Waals surface area contributed by atoms with Gasteiger partial charge in [0.15, 0.2) is 0 Å². The summed E-state index contributed by atoms with van der Waals surface area (Å²) >= 11 is 5.83. The van der Waals surface area contributed by atoms with Gasteiger partial charge in [-0.3, -0.25) is 0 Å². The minimum Gasteiger partial charge on any atom is -0.545 e. The first-order chi connectivity index (χ1) is 3.55. The lowest BCUT2D eigenvalue weighted by molar-refractivity contribution is -0.299. The van der Waals surface area contributed by atoms with E-state index in [1.54, 1.807) is 0 Å². The summed E-state index contributed by atoms with van der Waals surface area (Å²) in [6.45, 7) is 1.44. The molecule has 8 heavy (non-hydrogen) atoms. The molecular weight excluding hydrogens is 240 g/mol. The van der Waals surface area contributed by atoms with Crippen molar-refractivity contribution in [1.29, 1.82) is 0 Å². The van der Waals surface area contributed by atoms with Gasteiger partial charge in [0.05, 0.1) is 9.36 Å². The number of aliphatic carboxylic acids is 1. The van der Waals surface area contributed by atoms with E-state index in [1.807, 2.05) is 0 Å². The molecule has 0 rings (SSSR count). The van der Waals surface area contributed by atoms with Crippen molar-refractivity contribution in [3.63, 3.8) is 0 Å². The fourth-order valence-corrected chi connectivity index (χ4v) is 0.401. The first kappa shape index (κ1) is 8.17. The van der Waals surface area contributed by atoms with Crippen LogP contribution in [0.1, 0.15) is 6.92 Å². The molecule has 0 bridgehead atoms. The SMILES string of the molecule is CC(C(=O)[O-])=C(Br)Br. The molecule has 4 heteroatoms. The van der Waals surface area contributed by atoms with Gasteiger partial charge in [0.25, 0.3) is 0 Å². The minimum atomic E-state index is -1.17. The van der Waals surface area contributed by atoms with Crippen molar-refractivity contribution in [3.8, 4) is 0 Å². The van der Waals surface area contributed by atoms with E-state index < -0.39 is 5.97 Å². The molecule has 0 aromatic heterocycles. The Morgan fingerprint density at radius 2 is 1.88 bits per heavy atom. The van der Waals surface area contributed by atoms with Crippen LogP contribution >= 0.6 is 31.9 Å². The van der Waals surface area contributed by atoms with Crippen LogP contribution in [-0.4, -0.2) is 5.97 Å². The van der Waals surface area contributed by atoms with Crippen LogP contribution in [0.25, 0.3) is 0 Å². The van der Waals surface area contributed by atoms with Crippen molar-refractivity contribution >= 4 is 37.8 Å². The lowest BCUT2D eigenvalue weighted by atomic mass is 10.4. The first-order valence-corrected chi connectivity index (χ1v) is 3.37. The maximum Gasteiger partial charge on any atom is 0.0688 e. The number of hydrogen-bond donors (Lipinski definition) is 0. The van der Waals surface area contributed by atoms with Crippen LogP contribution < -0.4 is 5.11 Å². The smallest absolute Gasteiger partial charge is 0.0688 e. The van der Waals surface area contributed by atoms with Gasteiger partial charge >= 0.3 is 0 Å². The maximum atomic E-state index is 9.91. The number of rotatable bonds is 1. The van der Waals surface area contributed by atoms with Crippen LogP contribution in [0.15, 0.2) is 8.96 Å². The lowest BCUT2D eigenvalue weighted by Gasteiger charge is -1.99. The Balaban J connectivity index is 4.23. The van der Waals surface area contributed by atoms with Crippen molar-refractivity contribution < 1.29 is 9.90 Å². The quantitative estimate of drug-likeness (QED) is 0.637. The molecule has 0 radical (unpaired) electrons. The average molecular weight is 243 g/mol. The zero-order chi connectivity index (χ0) is 6.73. The van der Waals surface area contributed by atoms with Crippen molar-refractivity contribution in [3.05, 3.63) is 8.96 Å². The van der Waals surface area contributed by atoms with Crippen LogP contribution in [0.5, 0.6) is 0 Å². The maximum absolute atomic E-state index is 9.91. The van der Waals surface area contributed by atoms with Gasteiger partial charge in [-0.15, -0.1) is 0 Å². The van der Waals surface area contributed by atoms with Crippen LogP contribution in [0.4, 0.5) is 0 Å². The molecule has 0 aliphatic carbocycles. The first-order valence-electron chi connectivity index (χ1n) is 1.79. The Kier molecular flexibility index (Phi) is 3.31. The van der Waals surface area contributed by atoms with E-state index in [0.29, 0.717) is 3.39 Å². The summed E-state index contributed by atoms with van der Waals surface area (Å²) in [5, 5.41) is 9.91. The molecule has 0 aliphatic rings. The Bertz CT molecular complexity index is 135. The molecular formula is C4H3Br2O2-. The molecule has 0 N–H and O–H groups in total. The van der Waals surface area contributed by atoms with Crippen LogP contribution in [0.2, 0.25) is 0 Å². The summed E-state index contributed by atoms with van der Waals surface area (Å²) in [7, 11) is 0. The summed E-state index contributed by atoms with van der Waals surface area (Å²) in [5.41, 5.74) is 0.157. The zero-order valence-corrected chi connectivity index (χ0v) is 7.24. The summed E-state index contributed by atoms with van der Waals surface area (Å²) in [4.78, 5) is 9.91. The number of carboxylic acids is 1. The highest BCUT2D eigenvalue weighted by atomic mass is 79.9. The Labute approximate surface area is 63.8 Å². The van der Waals surface area contributed by atoms with Crippen molar-refractivity contribution in [2.24, 2.45) is 0 Å². The van der Waals surface area contributed by atoms with Crippen LogP contribution in [0, 0.1) is 0 Å². The molecule has 0 fully saturated rings. The van der Waals surface area contributed by atoms with E-state index >= 15 is 0 Å². The number of carbonyl (C=O) groups excluding carboxylic acids is 1. The highest BCUT2D eigenvalue weighted by Gasteiger charge is 1.92. The second-order valence-corrected chi connectivity index (χ2v) is 3.82. The average Bonchev–Trinajstić information content (AvgIpc) is 1.64. The van der Waals surface area contributed by atoms with E-state index in [0.717, 1.165) is 0 Å². The van der Waals surface area contributed by atoms with Crippen molar-refractivity contribution in [2.75, 3.05) is 0 Å². The molecule has 0 aromatic carbocycles. The predicted molar refractivity (Wildman–Crippen MR) is 35.6 cm³/mol. The predicted octanol–water partition coefficient (Wildman–Crippen LogP) is 0.758. The van der Waals surface area contributed by atoms with Gasteiger partial charge in [-0.05, 0) is 44.4 Å². The van der Waals surface area contributed by atoms with Crippen LogP contribution in [-0.2, 0) is 4.79 Å². The van der Waals surface area contributed by atoms with Gasteiger partial charge in [-0.25, -0.2) is 0 Å².